The number of methoxy groups -OCH3 is 1. The molecule has 0 aromatic rings. The standard InChI is InChI=1S/C17H22O5/c1-8-7-12(18)16(20)14(19)9(2)10(3)17(21-6)15(16,5)13(8)11(4)22-17/h7,11,13,20H,1-6H3/t11-,13-,15+,16?,17-/m1/s1. The van der Waals surface area contributed by atoms with Gasteiger partial charge < -0.3 is 14.6 Å². The summed E-state index contributed by atoms with van der Waals surface area (Å²) in [6.07, 6.45) is 1.10. The molecule has 0 radical (unpaired) electrons. The van der Waals surface area contributed by atoms with Crippen LogP contribution in [0.3, 0.4) is 0 Å². The zero-order chi connectivity index (χ0) is 16.7. The lowest BCUT2D eigenvalue weighted by Crippen LogP contribution is -2.72. The highest BCUT2D eigenvalue weighted by molar-refractivity contribution is 6.23. The molecular formula is C17H22O5. The van der Waals surface area contributed by atoms with Crippen molar-refractivity contribution in [3.63, 3.8) is 0 Å². The first-order valence-electron chi connectivity index (χ1n) is 7.50. The third-order valence-electron chi connectivity index (χ3n) is 6.10. The van der Waals surface area contributed by atoms with Gasteiger partial charge in [-0.05, 0) is 51.8 Å². The van der Waals surface area contributed by atoms with Gasteiger partial charge in [0.25, 0.3) is 0 Å². The van der Waals surface area contributed by atoms with E-state index in [0.717, 1.165) is 5.57 Å². The number of carbonyl (C=O) groups is 2. The van der Waals surface area contributed by atoms with Crippen molar-refractivity contribution in [2.45, 2.75) is 52.1 Å². The Labute approximate surface area is 130 Å². The molecule has 0 aromatic carbocycles. The zero-order valence-corrected chi connectivity index (χ0v) is 13.8. The number of carbonyl (C=O) groups excluding carboxylic acids is 2. The first-order chi connectivity index (χ1) is 10.1. The summed E-state index contributed by atoms with van der Waals surface area (Å²) in [7, 11) is 1.49. The largest absolute Gasteiger partial charge is 0.373 e. The molecule has 1 aliphatic heterocycles. The van der Waals surface area contributed by atoms with Crippen molar-refractivity contribution in [1.29, 1.82) is 0 Å². The molecule has 22 heavy (non-hydrogen) atoms. The second-order valence-corrected chi connectivity index (χ2v) is 6.87. The molecule has 0 spiro atoms. The first-order valence-corrected chi connectivity index (χ1v) is 7.50. The number of ether oxygens (including phenoxy) is 2. The molecule has 5 atom stereocenters. The minimum atomic E-state index is -2.15. The van der Waals surface area contributed by atoms with Crippen LogP contribution in [-0.2, 0) is 19.1 Å². The van der Waals surface area contributed by atoms with E-state index in [1.165, 1.54) is 13.2 Å². The van der Waals surface area contributed by atoms with Gasteiger partial charge in [0.2, 0.25) is 11.4 Å². The summed E-state index contributed by atoms with van der Waals surface area (Å²) in [6, 6.07) is 0. The van der Waals surface area contributed by atoms with E-state index in [0.29, 0.717) is 11.1 Å². The van der Waals surface area contributed by atoms with E-state index in [2.05, 4.69) is 0 Å². The Morgan fingerprint density at radius 1 is 1.27 bits per heavy atom. The number of ketones is 2. The lowest BCUT2D eigenvalue weighted by Gasteiger charge is -2.56. The Hall–Kier alpha value is -1.30. The third-order valence-corrected chi connectivity index (χ3v) is 6.10. The van der Waals surface area contributed by atoms with E-state index in [-0.39, 0.29) is 12.0 Å². The summed E-state index contributed by atoms with van der Waals surface area (Å²) >= 11 is 0. The topological polar surface area (TPSA) is 72.8 Å². The summed E-state index contributed by atoms with van der Waals surface area (Å²) in [4.78, 5) is 25.5. The molecule has 2 aliphatic carbocycles. The van der Waals surface area contributed by atoms with E-state index in [1.807, 2.05) is 13.8 Å². The molecule has 0 bridgehead atoms. The Balaban J connectivity index is 2.46. The SMILES string of the molecule is CO[C@@]12O[C@H](C)[C@H]3C(C)=CC(=O)C(O)(C(=O)C(C)=C1C)[C@]32C. The molecule has 1 heterocycles. The summed E-state index contributed by atoms with van der Waals surface area (Å²) in [5.74, 6) is -2.69. The smallest absolute Gasteiger partial charge is 0.201 e. The summed E-state index contributed by atoms with van der Waals surface area (Å²) in [5.41, 5.74) is -1.57. The molecule has 3 rings (SSSR count). The highest BCUT2D eigenvalue weighted by Crippen LogP contribution is 2.66. The van der Waals surface area contributed by atoms with E-state index < -0.39 is 28.4 Å². The van der Waals surface area contributed by atoms with E-state index in [9.17, 15) is 14.7 Å². The highest BCUT2D eigenvalue weighted by atomic mass is 16.7. The van der Waals surface area contributed by atoms with Gasteiger partial charge >= 0.3 is 0 Å². The quantitative estimate of drug-likeness (QED) is 0.744. The number of Topliss-reactive ketones (excluding diaryl/α,β-unsaturated/α-hetero) is 1. The van der Waals surface area contributed by atoms with Crippen LogP contribution < -0.4 is 0 Å². The predicted octanol–water partition coefficient (Wildman–Crippen LogP) is 1.55. The van der Waals surface area contributed by atoms with Crippen molar-refractivity contribution in [3.05, 3.63) is 22.8 Å². The Bertz CT molecular complexity index is 660. The van der Waals surface area contributed by atoms with Gasteiger partial charge in [0.1, 0.15) is 0 Å². The average Bonchev–Trinajstić information content (AvgIpc) is 2.71. The molecule has 1 N–H and O–H groups in total. The van der Waals surface area contributed by atoms with Gasteiger partial charge in [-0.25, -0.2) is 0 Å². The van der Waals surface area contributed by atoms with Crippen LogP contribution in [0.25, 0.3) is 0 Å². The molecule has 120 valence electrons. The summed E-state index contributed by atoms with van der Waals surface area (Å²) in [6.45, 7) is 8.83. The van der Waals surface area contributed by atoms with Crippen molar-refractivity contribution in [1.82, 2.24) is 0 Å². The first kappa shape index (κ1) is 15.6. The second kappa shape index (κ2) is 4.16. The maximum Gasteiger partial charge on any atom is 0.201 e. The summed E-state index contributed by atoms with van der Waals surface area (Å²) < 4.78 is 11.9. The molecule has 0 saturated carbocycles. The van der Waals surface area contributed by atoms with Gasteiger partial charge in [-0.1, -0.05) is 5.57 Å². The van der Waals surface area contributed by atoms with Crippen molar-refractivity contribution < 1.29 is 24.2 Å². The fourth-order valence-electron chi connectivity index (χ4n) is 5.00. The van der Waals surface area contributed by atoms with Crippen molar-refractivity contribution in [3.8, 4) is 0 Å². The van der Waals surface area contributed by atoms with E-state index in [4.69, 9.17) is 9.47 Å². The molecule has 0 aromatic heterocycles. The van der Waals surface area contributed by atoms with Crippen molar-refractivity contribution >= 4 is 11.6 Å². The van der Waals surface area contributed by atoms with Crippen LogP contribution in [0.4, 0.5) is 0 Å². The van der Waals surface area contributed by atoms with Gasteiger partial charge in [0.15, 0.2) is 11.6 Å². The maximum absolute atomic E-state index is 12.8. The number of hydrogen-bond acceptors (Lipinski definition) is 5. The van der Waals surface area contributed by atoms with Crippen LogP contribution in [-0.4, -0.2) is 41.3 Å². The number of hydrogen-bond donors (Lipinski definition) is 1. The minimum absolute atomic E-state index is 0.276. The van der Waals surface area contributed by atoms with Crippen LogP contribution in [0.2, 0.25) is 0 Å². The fraction of sp³-hybridized carbons (Fsp3) is 0.647. The Kier molecular flexibility index (Phi) is 2.95. The maximum atomic E-state index is 12.8. The molecule has 1 fully saturated rings. The van der Waals surface area contributed by atoms with E-state index >= 15 is 0 Å². The minimum Gasteiger partial charge on any atom is -0.373 e. The second-order valence-electron chi connectivity index (χ2n) is 6.87. The monoisotopic (exact) mass is 306 g/mol. The molecule has 3 aliphatic rings. The Morgan fingerprint density at radius 3 is 2.41 bits per heavy atom. The molecule has 1 saturated heterocycles. The zero-order valence-electron chi connectivity index (χ0n) is 13.8. The third kappa shape index (κ3) is 1.24. The Morgan fingerprint density at radius 2 is 1.86 bits per heavy atom. The van der Waals surface area contributed by atoms with Gasteiger partial charge in [0, 0.05) is 13.0 Å². The number of rotatable bonds is 1. The van der Waals surface area contributed by atoms with Crippen molar-refractivity contribution in [2.75, 3.05) is 7.11 Å². The molecule has 5 heteroatoms. The van der Waals surface area contributed by atoms with E-state index in [1.54, 1.807) is 20.8 Å². The van der Waals surface area contributed by atoms with Crippen molar-refractivity contribution in [2.24, 2.45) is 11.3 Å². The summed E-state index contributed by atoms with van der Waals surface area (Å²) in [5, 5.41) is 11.3. The molecule has 0 amide bonds. The lowest BCUT2D eigenvalue weighted by atomic mass is 9.49. The normalized spacial score (nSPS) is 47.7. The predicted molar refractivity (Wildman–Crippen MR) is 79.0 cm³/mol. The van der Waals surface area contributed by atoms with Gasteiger partial charge in [-0.2, -0.15) is 0 Å². The molecular weight excluding hydrogens is 284 g/mol. The van der Waals surface area contributed by atoms with Gasteiger partial charge in [-0.15, -0.1) is 0 Å². The number of aliphatic hydroxyl groups is 1. The lowest BCUT2D eigenvalue weighted by molar-refractivity contribution is -0.263. The highest BCUT2D eigenvalue weighted by Gasteiger charge is 2.79. The molecule has 1 unspecified atom stereocenters. The van der Waals surface area contributed by atoms with Crippen LogP contribution in [0.5, 0.6) is 0 Å². The average molecular weight is 306 g/mol. The fourth-order valence-corrected chi connectivity index (χ4v) is 5.00. The van der Waals surface area contributed by atoms with Gasteiger partial charge in [-0.3, -0.25) is 9.59 Å². The van der Waals surface area contributed by atoms with Crippen LogP contribution >= 0.6 is 0 Å². The van der Waals surface area contributed by atoms with Crippen LogP contribution in [0.15, 0.2) is 22.8 Å². The van der Waals surface area contributed by atoms with Crippen LogP contribution in [0.1, 0.15) is 34.6 Å². The van der Waals surface area contributed by atoms with Crippen LogP contribution in [0, 0.1) is 11.3 Å². The molecule has 5 nitrogen and oxygen atoms in total. The van der Waals surface area contributed by atoms with Gasteiger partial charge in [0.05, 0.1) is 11.5 Å².